The molecule has 3 rings (SSSR count). The molecule has 1 atom stereocenters. The lowest BCUT2D eigenvalue weighted by atomic mass is 10.1. The molecule has 0 saturated heterocycles. The van der Waals surface area contributed by atoms with Gasteiger partial charge in [0.05, 0.1) is 16.0 Å². The number of hydrogen-bond acceptors (Lipinski definition) is 4. The van der Waals surface area contributed by atoms with E-state index in [9.17, 15) is 5.11 Å². The van der Waals surface area contributed by atoms with Crippen molar-refractivity contribution in [2.24, 2.45) is 0 Å². The van der Waals surface area contributed by atoms with E-state index in [1.165, 1.54) is 0 Å². The lowest BCUT2D eigenvalue weighted by Crippen LogP contribution is -1.97. The third-order valence-corrected chi connectivity index (χ3v) is 4.12. The molecule has 0 saturated carbocycles. The van der Waals surface area contributed by atoms with E-state index in [0.717, 1.165) is 39.6 Å². The van der Waals surface area contributed by atoms with E-state index in [0.29, 0.717) is 6.61 Å². The average molecular weight is 261 g/mol. The van der Waals surface area contributed by atoms with E-state index >= 15 is 0 Å². The van der Waals surface area contributed by atoms with Crippen molar-refractivity contribution in [2.45, 2.75) is 32.5 Å². The Hall–Kier alpha value is -1.39. The molecule has 3 nitrogen and oxygen atoms in total. The van der Waals surface area contributed by atoms with Crippen LogP contribution in [0.25, 0.3) is 0 Å². The van der Waals surface area contributed by atoms with Crippen LogP contribution in [0.4, 0.5) is 0 Å². The molecular weight excluding hydrogens is 246 g/mol. The van der Waals surface area contributed by atoms with Crippen molar-refractivity contribution >= 4 is 11.3 Å². The van der Waals surface area contributed by atoms with Crippen LogP contribution >= 0.6 is 11.3 Å². The highest BCUT2D eigenvalue weighted by Gasteiger charge is 2.23. The zero-order chi connectivity index (χ0) is 12.5. The fourth-order valence-corrected chi connectivity index (χ4v) is 3.06. The number of fused-ring (bicyclic) bond motifs is 1. The number of aliphatic hydroxyl groups is 1. The minimum atomic E-state index is -0.325. The van der Waals surface area contributed by atoms with Crippen LogP contribution in [0.1, 0.15) is 33.5 Å². The highest BCUT2D eigenvalue weighted by Crippen LogP contribution is 2.37. The maximum atomic E-state index is 9.83. The molecule has 0 fully saturated rings. The Morgan fingerprint density at radius 3 is 3.17 bits per heavy atom. The largest absolute Gasteiger partial charge is 0.488 e. The summed E-state index contributed by atoms with van der Waals surface area (Å²) < 4.78 is 5.86. The highest BCUT2D eigenvalue weighted by atomic mass is 32.1. The van der Waals surface area contributed by atoms with Gasteiger partial charge in [0.2, 0.25) is 0 Å². The molecule has 1 heterocycles. The first-order chi connectivity index (χ1) is 8.74. The molecule has 1 aliphatic rings. The fourth-order valence-electron chi connectivity index (χ4n) is 2.36. The smallest absolute Gasteiger partial charge is 0.124 e. The standard InChI is InChI=1S/C14H15NO2S/c1-9-15-7-10(18-9)8-17-14-4-2-3-11-12(14)5-6-13(11)16/h2-4,7,13,16H,5-6,8H2,1H3. The second kappa shape index (κ2) is 4.71. The lowest BCUT2D eigenvalue weighted by molar-refractivity contribution is 0.180. The zero-order valence-electron chi connectivity index (χ0n) is 10.2. The number of nitrogens with zero attached hydrogens (tertiary/aromatic N) is 1. The molecule has 1 aromatic carbocycles. The topological polar surface area (TPSA) is 42.4 Å². The van der Waals surface area contributed by atoms with Gasteiger partial charge in [-0.05, 0) is 31.4 Å². The van der Waals surface area contributed by atoms with E-state index in [4.69, 9.17) is 4.74 Å². The van der Waals surface area contributed by atoms with Crippen LogP contribution in [-0.4, -0.2) is 10.1 Å². The molecular formula is C14H15NO2S. The normalized spacial score (nSPS) is 17.8. The van der Waals surface area contributed by atoms with Crippen molar-refractivity contribution < 1.29 is 9.84 Å². The Balaban J connectivity index is 1.78. The fraction of sp³-hybridized carbons (Fsp3) is 0.357. The second-order valence-corrected chi connectivity index (χ2v) is 5.83. The summed E-state index contributed by atoms with van der Waals surface area (Å²) in [6.45, 7) is 2.54. The molecule has 1 aromatic heterocycles. The van der Waals surface area contributed by atoms with Crippen molar-refractivity contribution in [2.75, 3.05) is 0 Å². The van der Waals surface area contributed by atoms with Crippen LogP contribution in [0.5, 0.6) is 5.75 Å². The summed E-state index contributed by atoms with van der Waals surface area (Å²) in [5.74, 6) is 0.898. The van der Waals surface area contributed by atoms with Crippen LogP contribution in [0, 0.1) is 6.92 Å². The molecule has 2 aromatic rings. The first-order valence-corrected chi connectivity index (χ1v) is 6.89. The van der Waals surface area contributed by atoms with Gasteiger partial charge in [-0.25, -0.2) is 4.98 Å². The van der Waals surface area contributed by atoms with Gasteiger partial charge in [0, 0.05) is 11.8 Å². The van der Waals surface area contributed by atoms with Crippen molar-refractivity contribution in [1.82, 2.24) is 4.98 Å². The number of hydrogen-bond donors (Lipinski definition) is 1. The van der Waals surface area contributed by atoms with Crippen LogP contribution in [0.2, 0.25) is 0 Å². The van der Waals surface area contributed by atoms with E-state index in [2.05, 4.69) is 4.98 Å². The summed E-state index contributed by atoms with van der Waals surface area (Å²) in [5.41, 5.74) is 2.18. The zero-order valence-corrected chi connectivity index (χ0v) is 11.0. The van der Waals surface area contributed by atoms with Gasteiger partial charge in [-0.1, -0.05) is 12.1 Å². The van der Waals surface area contributed by atoms with Gasteiger partial charge in [0.15, 0.2) is 0 Å². The number of aromatic nitrogens is 1. The molecule has 0 bridgehead atoms. The Labute approximate surface area is 110 Å². The van der Waals surface area contributed by atoms with Gasteiger partial charge in [-0.2, -0.15) is 0 Å². The number of benzene rings is 1. The Bertz CT molecular complexity index is 565. The van der Waals surface area contributed by atoms with Gasteiger partial charge in [0.1, 0.15) is 12.4 Å². The molecule has 0 radical (unpaired) electrons. The maximum Gasteiger partial charge on any atom is 0.124 e. The van der Waals surface area contributed by atoms with Crippen LogP contribution in [-0.2, 0) is 13.0 Å². The number of aryl methyl sites for hydroxylation is 1. The first-order valence-electron chi connectivity index (χ1n) is 6.08. The van der Waals surface area contributed by atoms with E-state index in [1.54, 1.807) is 11.3 Å². The predicted molar refractivity (Wildman–Crippen MR) is 70.9 cm³/mol. The average Bonchev–Trinajstić information content (AvgIpc) is 2.94. The first kappa shape index (κ1) is 11.7. The van der Waals surface area contributed by atoms with Crippen LogP contribution in [0.3, 0.4) is 0 Å². The van der Waals surface area contributed by atoms with Crippen LogP contribution < -0.4 is 4.74 Å². The SMILES string of the molecule is Cc1ncc(COc2cccc3c2CCC3O)s1. The Morgan fingerprint density at radius 2 is 2.39 bits per heavy atom. The Morgan fingerprint density at radius 1 is 1.50 bits per heavy atom. The molecule has 1 N–H and O–H groups in total. The Kier molecular flexibility index (Phi) is 3.06. The van der Waals surface area contributed by atoms with Gasteiger partial charge in [0.25, 0.3) is 0 Å². The monoisotopic (exact) mass is 261 g/mol. The van der Waals surface area contributed by atoms with Gasteiger partial charge in [-0.3, -0.25) is 0 Å². The number of ether oxygens (including phenoxy) is 1. The van der Waals surface area contributed by atoms with E-state index in [1.807, 2.05) is 31.3 Å². The minimum absolute atomic E-state index is 0.325. The van der Waals surface area contributed by atoms with Crippen LogP contribution in [0.15, 0.2) is 24.4 Å². The maximum absolute atomic E-state index is 9.83. The van der Waals surface area contributed by atoms with Crippen molar-refractivity contribution in [1.29, 1.82) is 0 Å². The van der Waals surface area contributed by atoms with Gasteiger partial charge >= 0.3 is 0 Å². The summed E-state index contributed by atoms with van der Waals surface area (Å²) in [7, 11) is 0. The molecule has 94 valence electrons. The third kappa shape index (κ3) is 2.13. The molecule has 0 amide bonds. The predicted octanol–water partition coefficient (Wildman–Crippen LogP) is 3.01. The summed E-state index contributed by atoms with van der Waals surface area (Å²) >= 11 is 1.66. The molecule has 18 heavy (non-hydrogen) atoms. The van der Waals surface area contributed by atoms with Crippen molar-refractivity contribution in [3.05, 3.63) is 45.4 Å². The van der Waals surface area contributed by atoms with E-state index < -0.39 is 0 Å². The van der Waals surface area contributed by atoms with E-state index in [-0.39, 0.29) is 6.10 Å². The van der Waals surface area contributed by atoms with Gasteiger partial charge in [-0.15, -0.1) is 11.3 Å². The highest BCUT2D eigenvalue weighted by molar-refractivity contribution is 7.11. The summed E-state index contributed by atoms with van der Waals surface area (Å²) in [6.07, 6.45) is 3.23. The van der Waals surface area contributed by atoms with Gasteiger partial charge < -0.3 is 9.84 Å². The summed E-state index contributed by atoms with van der Waals surface area (Å²) in [6, 6.07) is 5.90. The summed E-state index contributed by atoms with van der Waals surface area (Å²) in [4.78, 5) is 5.34. The third-order valence-electron chi connectivity index (χ3n) is 3.24. The lowest BCUT2D eigenvalue weighted by Gasteiger charge is -2.10. The summed E-state index contributed by atoms with van der Waals surface area (Å²) in [5, 5.41) is 10.9. The quantitative estimate of drug-likeness (QED) is 0.923. The number of rotatable bonds is 3. The molecule has 0 spiro atoms. The number of aliphatic hydroxyl groups excluding tert-OH is 1. The van der Waals surface area contributed by atoms with Crippen molar-refractivity contribution in [3.8, 4) is 5.75 Å². The molecule has 1 aliphatic carbocycles. The molecule has 4 heteroatoms. The van der Waals surface area contributed by atoms with Crippen molar-refractivity contribution in [3.63, 3.8) is 0 Å². The second-order valence-electron chi connectivity index (χ2n) is 4.51. The molecule has 0 aliphatic heterocycles. The number of thiazole rings is 1. The minimum Gasteiger partial charge on any atom is -0.488 e. The molecule has 1 unspecified atom stereocenters.